The van der Waals surface area contributed by atoms with Crippen LogP contribution in [0.3, 0.4) is 0 Å². The van der Waals surface area contributed by atoms with Gasteiger partial charge in [0.25, 0.3) is 0 Å². The Morgan fingerprint density at radius 2 is 2.54 bits per heavy atom. The number of aliphatic hydroxyl groups is 1. The molecule has 0 bridgehead atoms. The summed E-state index contributed by atoms with van der Waals surface area (Å²) >= 11 is 3.03. The van der Waals surface area contributed by atoms with Gasteiger partial charge in [0, 0.05) is 19.6 Å². The Balaban J connectivity index is 2.38. The standard InChI is InChI=1S/C8H14BrNO3/c1-6-8(12,2-3-13-6)5-10-7(11)4-9/h6,12H,2-5H2,1H3,(H,10,11). The monoisotopic (exact) mass is 251 g/mol. The van der Waals surface area contributed by atoms with E-state index in [1.165, 1.54) is 0 Å². The summed E-state index contributed by atoms with van der Waals surface area (Å²) in [5, 5.41) is 12.8. The molecular formula is C8H14BrNO3. The summed E-state index contributed by atoms with van der Waals surface area (Å²) in [4.78, 5) is 10.9. The van der Waals surface area contributed by atoms with Crippen molar-refractivity contribution in [3.63, 3.8) is 0 Å². The van der Waals surface area contributed by atoms with Gasteiger partial charge in [-0.25, -0.2) is 0 Å². The third-order valence-electron chi connectivity index (χ3n) is 2.37. The first-order chi connectivity index (χ1) is 6.08. The second kappa shape index (κ2) is 4.39. The maximum Gasteiger partial charge on any atom is 0.230 e. The molecule has 1 rings (SSSR count). The van der Waals surface area contributed by atoms with Crippen molar-refractivity contribution in [3.05, 3.63) is 0 Å². The number of nitrogens with one attached hydrogen (secondary N) is 1. The number of hydrogen-bond donors (Lipinski definition) is 2. The second-order valence-electron chi connectivity index (χ2n) is 3.28. The molecule has 0 aromatic carbocycles. The van der Waals surface area contributed by atoms with Crippen LogP contribution in [0.1, 0.15) is 13.3 Å². The molecule has 0 saturated carbocycles. The van der Waals surface area contributed by atoms with E-state index in [-0.39, 0.29) is 23.9 Å². The number of hydrogen-bond acceptors (Lipinski definition) is 3. The zero-order chi connectivity index (χ0) is 9.90. The van der Waals surface area contributed by atoms with Crippen LogP contribution in [0.25, 0.3) is 0 Å². The Hall–Kier alpha value is -0.130. The summed E-state index contributed by atoms with van der Waals surface area (Å²) in [6, 6.07) is 0. The highest BCUT2D eigenvalue weighted by Gasteiger charge is 2.39. The molecule has 2 N–H and O–H groups in total. The Morgan fingerprint density at radius 3 is 3.00 bits per heavy atom. The molecule has 1 aliphatic rings. The van der Waals surface area contributed by atoms with Crippen LogP contribution < -0.4 is 5.32 Å². The number of alkyl halides is 1. The normalized spacial score (nSPS) is 33.3. The van der Waals surface area contributed by atoms with Crippen LogP contribution in [0.5, 0.6) is 0 Å². The van der Waals surface area contributed by atoms with E-state index < -0.39 is 5.60 Å². The first-order valence-corrected chi connectivity index (χ1v) is 5.37. The topological polar surface area (TPSA) is 58.6 Å². The van der Waals surface area contributed by atoms with E-state index >= 15 is 0 Å². The van der Waals surface area contributed by atoms with Gasteiger partial charge in [-0.15, -0.1) is 0 Å². The molecule has 1 amide bonds. The molecule has 5 heteroatoms. The minimum atomic E-state index is -0.891. The van der Waals surface area contributed by atoms with E-state index in [1.807, 2.05) is 6.92 Å². The predicted molar refractivity (Wildman–Crippen MR) is 51.8 cm³/mol. The smallest absolute Gasteiger partial charge is 0.230 e. The predicted octanol–water partition coefficient (Wildman–Crippen LogP) is 0.0374. The molecule has 2 atom stereocenters. The number of rotatable bonds is 3. The van der Waals surface area contributed by atoms with Crippen molar-refractivity contribution in [2.45, 2.75) is 25.0 Å². The number of carbonyl (C=O) groups is 1. The van der Waals surface area contributed by atoms with Gasteiger partial charge in [-0.3, -0.25) is 4.79 Å². The van der Waals surface area contributed by atoms with Gasteiger partial charge in [0.2, 0.25) is 5.91 Å². The molecule has 1 fully saturated rings. The second-order valence-corrected chi connectivity index (χ2v) is 3.84. The first kappa shape index (κ1) is 10.9. The van der Waals surface area contributed by atoms with Crippen molar-refractivity contribution in [2.75, 3.05) is 18.5 Å². The average Bonchev–Trinajstić information content (AvgIpc) is 2.44. The Labute approximate surface area is 85.8 Å². The molecule has 0 spiro atoms. The molecule has 0 radical (unpaired) electrons. The highest BCUT2D eigenvalue weighted by Crippen LogP contribution is 2.24. The number of halogens is 1. The van der Waals surface area contributed by atoms with Crippen molar-refractivity contribution in [2.24, 2.45) is 0 Å². The van der Waals surface area contributed by atoms with Gasteiger partial charge in [-0.05, 0) is 6.92 Å². The zero-order valence-corrected chi connectivity index (χ0v) is 9.13. The lowest BCUT2D eigenvalue weighted by Gasteiger charge is -2.25. The molecule has 76 valence electrons. The van der Waals surface area contributed by atoms with Gasteiger partial charge in [-0.1, -0.05) is 15.9 Å². The quantitative estimate of drug-likeness (QED) is 0.697. The number of carbonyl (C=O) groups excluding carboxylic acids is 1. The lowest BCUT2D eigenvalue weighted by Crippen LogP contribution is -2.47. The van der Waals surface area contributed by atoms with Crippen LogP contribution in [-0.2, 0) is 9.53 Å². The fourth-order valence-corrected chi connectivity index (χ4v) is 1.50. The first-order valence-electron chi connectivity index (χ1n) is 4.25. The third-order valence-corrected chi connectivity index (χ3v) is 2.88. The van der Waals surface area contributed by atoms with E-state index in [4.69, 9.17) is 4.74 Å². The van der Waals surface area contributed by atoms with Gasteiger partial charge in [0.15, 0.2) is 0 Å². The molecule has 1 saturated heterocycles. The van der Waals surface area contributed by atoms with E-state index in [9.17, 15) is 9.90 Å². The van der Waals surface area contributed by atoms with Crippen molar-refractivity contribution in [1.29, 1.82) is 0 Å². The number of ether oxygens (including phenoxy) is 1. The fourth-order valence-electron chi connectivity index (χ4n) is 1.30. The average molecular weight is 252 g/mol. The van der Waals surface area contributed by atoms with Crippen LogP contribution >= 0.6 is 15.9 Å². The zero-order valence-electron chi connectivity index (χ0n) is 7.55. The van der Waals surface area contributed by atoms with Crippen molar-refractivity contribution in [1.82, 2.24) is 5.32 Å². The van der Waals surface area contributed by atoms with Crippen LogP contribution in [0.4, 0.5) is 0 Å². The lowest BCUT2D eigenvalue weighted by molar-refractivity contribution is -0.120. The summed E-state index contributed by atoms with van der Waals surface area (Å²) in [6.45, 7) is 2.63. The molecule has 4 nitrogen and oxygen atoms in total. The fraction of sp³-hybridized carbons (Fsp3) is 0.875. The van der Waals surface area contributed by atoms with Crippen LogP contribution in [-0.4, -0.2) is 41.2 Å². The molecule has 2 unspecified atom stereocenters. The maximum atomic E-state index is 10.9. The molecule has 13 heavy (non-hydrogen) atoms. The minimum absolute atomic E-state index is 0.118. The summed E-state index contributed by atoms with van der Waals surface area (Å²) in [7, 11) is 0. The van der Waals surface area contributed by atoms with E-state index in [0.29, 0.717) is 13.0 Å². The minimum Gasteiger partial charge on any atom is -0.385 e. The SMILES string of the molecule is CC1OCCC1(O)CNC(=O)CBr. The van der Waals surface area contributed by atoms with Crippen molar-refractivity contribution < 1.29 is 14.6 Å². The summed E-state index contributed by atoms with van der Waals surface area (Å²) in [5.41, 5.74) is -0.891. The molecule has 0 aromatic rings. The van der Waals surface area contributed by atoms with E-state index in [0.717, 1.165) is 0 Å². The van der Waals surface area contributed by atoms with Gasteiger partial charge in [0.05, 0.1) is 11.4 Å². The van der Waals surface area contributed by atoms with Crippen molar-refractivity contribution >= 4 is 21.8 Å². The third kappa shape index (κ3) is 2.65. The van der Waals surface area contributed by atoms with Gasteiger partial charge in [-0.2, -0.15) is 0 Å². The van der Waals surface area contributed by atoms with Gasteiger partial charge < -0.3 is 15.2 Å². The Morgan fingerprint density at radius 1 is 1.85 bits per heavy atom. The van der Waals surface area contributed by atoms with E-state index in [2.05, 4.69) is 21.2 Å². The van der Waals surface area contributed by atoms with Gasteiger partial charge >= 0.3 is 0 Å². The maximum absolute atomic E-state index is 10.9. The van der Waals surface area contributed by atoms with Crippen LogP contribution in [0.2, 0.25) is 0 Å². The Kier molecular flexibility index (Phi) is 3.70. The molecule has 1 aliphatic heterocycles. The van der Waals surface area contributed by atoms with Gasteiger partial charge in [0.1, 0.15) is 5.60 Å². The largest absolute Gasteiger partial charge is 0.385 e. The molecule has 0 aromatic heterocycles. The summed E-state index contributed by atoms with van der Waals surface area (Å²) in [6.07, 6.45) is 0.375. The van der Waals surface area contributed by atoms with Crippen molar-refractivity contribution in [3.8, 4) is 0 Å². The van der Waals surface area contributed by atoms with E-state index in [1.54, 1.807) is 0 Å². The summed E-state index contributed by atoms with van der Waals surface area (Å²) in [5.74, 6) is -0.118. The highest BCUT2D eigenvalue weighted by atomic mass is 79.9. The Bertz CT molecular complexity index is 200. The lowest BCUT2D eigenvalue weighted by atomic mass is 9.97. The number of amides is 1. The summed E-state index contributed by atoms with van der Waals surface area (Å²) < 4.78 is 5.22. The van der Waals surface area contributed by atoms with Crippen LogP contribution in [0, 0.1) is 0 Å². The molecular weight excluding hydrogens is 238 g/mol. The molecule has 0 aliphatic carbocycles. The molecule has 1 heterocycles. The highest BCUT2D eigenvalue weighted by molar-refractivity contribution is 9.09. The van der Waals surface area contributed by atoms with Crippen LogP contribution in [0.15, 0.2) is 0 Å².